The first-order valence-corrected chi connectivity index (χ1v) is 9.75. The molecule has 1 atom stereocenters. The quantitative estimate of drug-likeness (QED) is 0.828. The second-order valence-electron chi connectivity index (χ2n) is 5.37. The summed E-state index contributed by atoms with van der Waals surface area (Å²) in [6.07, 6.45) is 0.511. The zero-order valence-corrected chi connectivity index (χ0v) is 14.5. The third-order valence-electron chi connectivity index (χ3n) is 3.83. The molecule has 124 valence electrons. The van der Waals surface area contributed by atoms with Crippen molar-refractivity contribution >= 4 is 21.4 Å². The van der Waals surface area contributed by atoms with Crippen molar-refractivity contribution in [2.24, 2.45) is 0 Å². The zero-order chi connectivity index (χ0) is 16.3. The highest BCUT2D eigenvalue weighted by Gasteiger charge is 2.31. The van der Waals surface area contributed by atoms with E-state index in [9.17, 15) is 8.42 Å². The maximum atomic E-state index is 12.6. The van der Waals surface area contributed by atoms with Gasteiger partial charge in [0.15, 0.2) is 0 Å². The van der Waals surface area contributed by atoms with E-state index in [2.05, 4.69) is 0 Å². The average molecular weight is 353 g/mol. The maximum Gasteiger partial charge on any atom is 0.244 e. The highest BCUT2D eigenvalue weighted by atomic mass is 32.2. The molecule has 0 bridgehead atoms. The predicted octanol–water partition coefficient (Wildman–Crippen LogP) is 2.39. The molecule has 5 nitrogen and oxygen atoms in total. The van der Waals surface area contributed by atoms with Crippen molar-refractivity contribution in [1.29, 1.82) is 0 Å². The van der Waals surface area contributed by atoms with Crippen LogP contribution >= 0.6 is 11.3 Å². The molecule has 7 heteroatoms. The van der Waals surface area contributed by atoms with Crippen LogP contribution in [0.5, 0.6) is 5.75 Å². The van der Waals surface area contributed by atoms with Crippen molar-refractivity contribution in [3.8, 4) is 5.75 Å². The number of morpholine rings is 1. The predicted molar refractivity (Wildman–Crippen MR) is 89.5 cm³/mol. The van der Waals surface area contributed by atoms with Crippen LogP contribution in [0.1, 0.15) is 5.56 Å². The number of ether oxygens (including phenoxy) is 2. The van der Waals surface area contributed by atoms with E-state index in [0.29, 0.717) is 31.0 Å². The van der Waals surface area contributed by atoms with E-state index in [0.717, 1.165) is 11.3 Å². The first-order valence-electron chi connectivity index (χ1n) is 7.36. The fraction of sp³-hybridized carbons (Fsp3) is 0.375. The molecule has 2 aromatic rings. The second kappa shape index (κ2) is 7.00. The van der Waals surface area contributed by atoms with Crippen molar-refractivity contribution in [1.82, 2.24) is 4.31 Å². The molecule has 23 heavy (non-hydrogen) atoms. The highest BCUT2D eigenvalue weighted by Crippen LogP contribution is 2.22. The minimum Gasteiger partial charge on any atom is -0.497 e. The summed E-state index contributed by atoms with van der Waals surface area (Å²) >= 11 is 1.39. The molecule has 0 aliphatic carbocycles. The zero-order valence-electron chi connectivity index (χ0n) is 12.8. The van der Waals surface area contributed by atoms with E-state index in [1.165, 1.54) is 15.6 Å². The molecule has 2 heterocycles. The molecule has 1 aromatic heterocycles. The number of rotatable bonds is 5. The Balaban J connectivity index is 1.71. The summed E-state index contributed by atoms with van der Waals surface area (Å²) in [5.74, 6) is 0.793. The molecule has 0 N–H and O–H groups in total. The van der Waals surface area contributed by atoms with Crippen molar-refractivity contribution in [2.75, 3.05) is 26.8 Å². The van der Waals surface area contributed by atoms with Crippen molar-refractivity contribution in [2.45, 2.75) is 17.4 Å². The van der Waals surface area contributed by atoms with Gasteiger partial charge in [0.25, 0.3) is 0 Å². The van der Waals surface area contributed by atoms with Crippen LogP contribution in [-0.2, 0) is 21.2 Å². The van der Waals surface area contributed by atoms with Gasteiger partial charge in [0.1, 0.15) is 5.75 Å². The summed E-state index contributed by atoms with van der Waals surface area (Å²) in [7, 11) is -1.79. The van der Waals surface area contributed by atoms with Crippen LogP contribution in [0.25, 0.3) is 0 Å². The summed E-state index contributed by atoms with van der Waals surface area (Å²) in [6.45, 7) is 1.18. The summed E-state index contributed by atoms with van der Waals surface area (Å²) in [5.41, 5.74) is 1.07. The third kappa shape index (κ3) is 3.74. The number of methoxy groups -OCH3 is 1. The summed E-state index contributed by atoms with van der Waals surface area (Å²) < 4.78 is 37.7. The van der Waals surface area contributed by atoms with E-state index in [1.54, 1.807) is 23.9 Å². The van der Waals surface area contributed by atoms with Gasteiger partial charge in [0.2, 0.25) is 10.0 Å². The van der Waals surface area contributed by atoms with Gasteiger partial charge >= 0.3 is 0 Å². The SMILES string of the molecule is COc1cccc(CC2CN(S(=O)(=O)c3ccsc3)CCO2)c1. The molecular formula is C16H19NO4S2. The monoisotopic (exact) mass is 353 g/mol. The minimum atomic E-state index is -3.42. The first-order chi connectivity index (χ1) is 11.1. The largest absolute Gasteiger partial charge is 0.497 e. The number of nitrogens with zero attached hydrogens (tertiary/aromatic N) is 1. The van der Waals surface area contributed by atoms with Gasteiger partial charge in [-0.1, -0.05) is 12.1 Å². The first kappa shape index (κ1) is 16.4. The van der Waals surface area contributed by atoms with Crippen molar-refractivity contribution < 1.29 is 17.9 Å². The van der Waals surface area contributed by atoms with E-state index in [-0.39, 0.29) is 6.10 Å². The van der Waals surface area contributed by atoms with Gasteiger partial charge in [0, 0.05) is 24.9 Å². The van der Waals surface area contributed by atoms with Crippen LogP contribution in [0.4, 0.5) is 0 Å². The molecule has 0 saturated carbocycles. The Bertz CT molecular complexity index is 743. The van der Waals surface area contributed by atoms with Gasteiger partial charge in [0.05, 0.1) is 24.7 Å². The molecule has 1 aliphatic rings. The second-order valence-corrected chi connectivity index (χ2v) is 8.09. The Kier molecular flexibility index (Phi) is 5.01. The lowest BCUT2D eigenvalue weighted by atomic mass is 10.1. The Morgan fingerprint density at radius 3 is 3.00 bits per heavy atom. The molecule has 1 unspecified atom stereocenters. The highest BCUT2D eigenvalue weighted by molar-refractivity contribution is 7.89. The molecule has 0 radical (unpaired) electrons. The lowest BCUT2D eigenvalue weighted by Gasteiger charge is -2.32. The minimum absolute atomic E-state index is 0.149. The Labute approximate surface area is 140 Å². The molecule has 1 fully saturated rings. The van der Waals surface area contributed by atoms with Gasteiger partial charge in [-0.15, -0.1) is 0 Å². The fourth-order valence-electron chi connectivity index (χ4n) is 2.64. The van der Waals surface area contributed by atoms with Crippen LogP contribution in [0.2, 0.25) is 0 Å². The molecule has 0 spiro atoms. The lowest BCUT2D eigenvalue weighted by Crippen LogP contribution is -2.46. The van der Waals surface area contributed by atoms with Crippen LogP contribution in [0.15, 0.2) is 46.0 Å². The number of benzene rings is 1. The maximum absolute atomic E-state index is 12.6. The van der Waals surface area contributed by atoms with E-state index in [1.807, 2.05) is 24.3 Å². The van der Waals surface area contributed by atoms with E-state index >= 15 is 0 Å². The lowest BCUT2D eigenvalue weighted by molar-refractivity contribution is -0.000505. The van der Waals surface area contributed by atoms with Crippen LogP contribution < -0.4 is 4.74 Å². The van der Waals surface area contributed by atoms with Crippen LogP contribution in [-0.4, -0.2) is 45.6 Å². The molecule has 1 saturated heterocycles. The van der Waals surface area contributed by atoms with Crippen LogP contribution in [0.3, 0.4) is 0 Å². The van der Waals surface area contributed by atoms with Crippen molar-refractivity contribution in [3.63, 3.8) is 0 Å². The molecule has 0 amide bonds. The topological polar surface area (TPSA) is 55.8 Å². The number of hydrogen-bond acceptors (Lipinski definition) is 5. The van der Waals surface area contributed by atoms with E-state index in [4.69, 9.17) is 9.47 Å². The smallest absolute Gasteiger partial charge is 0.244 e. The molecule has 1 aliphatic heterocycles. The number of hydrogen-bond donors (Lipinski definition) is 0. The van der Waals surface area contributed by atoms with Gasteiger partial charge in [-0.25, -0.2) is 8.42 Å². The Morgan fingerprint density at radius 2 is 2.26 bits per heavy atom. The third-order valence-corrected chi connectivity index (χ3v) is 6.53. The molecule has 3 rings (SSSR count). The van der Waals surface area contributed by atoms with Gasteiger partial charge in [-0.2, -0.15) is 15.6 Å². The number of sulfonamides is 1. The van der Waals surface area contributed by atoms with Gasteiger partial charge in [-0.3, -0.25) is 0 Å². The number of thiophene rings is 1. The molecule has 1 aromatic carbocycles. The van der Waals surface area contributed by atoms with E-state index < -0.39 is 10.0 Å². The Morgan fingerprint density at radius 1 is 1.39 bits per heavy atom. The standard InChI is InChI=1S/C16H19NO4S2/c1-20-14-4-2-3-13(9-14)10-15-11-17(6-7-21-15)23(18,19)16-5-8-22-12-16/h2-5,8-9,12,15H,6-7,10-11H2,1H3. The normalized spacial score (nSPS) is 19.6. The average Bonchev–Trinajstić information content (AvgIpc) is 3.10. The van der Waals surface area contributed by atoms with Gasteiger partial charge in [-0.05, 0) is 29.1 Å². The molecular weight excluding hydrogens is 334 g/mol. The van der Waals surface area contributed by atoms with Crippen LogP contribution in [0, 0.1) is 0 Å². The summed E-state index contributed by atoms with van der Waals surface area (Å²) in [5, 5.41) is 3.45. The summed E-state index contributed by atoms with van der Waals surface area (Å²) in [4.78, 5) is 0.365. The van der Waals surface area contributed by atoms with Gasteiger partial charge < -0.3 is 9.47 Å². The summed E-state index contributed by atoms with van der Waals surface area (Å²) in [6, 6.07) is 9.41. The Hall–Kier alpha value is -1.41. The van der Waals surface area contributed by atoms with Crippen molar-refractivity contribution in [3.05, 3.63) is 46.7 Å². The fourth-order valence-corrected chi connectivity index (χ4v) is 5.12.